The molecule has 1 aromatic rings. The van der Waals surface area contributed by atoms with E-state index >= 15 is 0 Å². The molecule has 3 heteroatoms. The molecule has 3 unspecified atom stereocenters. The van der Waals surface area contributed by atoms with Crippen molar-refractivity contribution in [3.8, 4) is 0 Å². The normalized spacial score (nSPS) is 16.4. The van der Waals surface area contributed by atoms with E-state index in [9.17, 15) is 0 Å². The van der Waals surface area contributed by atoms with Crippen molar-refractivity contribution in [2.75, 3.05) is 6.54 Å². The Morgan fingerprint density at radius 1 is 1.28 bits per heavy atom. The van der Waals surface area contributed by atoms with Gasteiger partial charge in [0.25, 0.3) is 0 Å². The number of rotatable bonds is 9. The van der Waals surface area contributed by atoms with Crippen LogP contribution in [0.2, 0.25) is 0 Å². The van der Waals surface area contributed by atoms with Crippen molar-refractivity contribution in [3.63, 3.8) is 0 Å². The summed E-state index contributed by atoms with van der Waals surface area (Å²) in [6, 6.07) is 4.78. The largest absolute Gasteiger partial charge is 0.469 e. The monoisotopic (exact) mass is 252 g/mol. The second kappa shape index (κ2) is 8.33. The van der Waals surface area contributed by atoms with Crippen LogP contribution >= 0.6 is 0 Å². The fourth-order valence-electron chi connectivity index (χ4n) is 2.10. The number of hydrogen-bond acceptors (Lipinski definition) is 3. The minimum Gasteiger partial charge on any atom is -0.469 e. The van der Waals surface area contributed by atoms with E-state index in [1.165, 1.54) is 12.8 Å². The fraction of sp³-hybridized carbons (Fsp3) is 0.733. The van der Waals surface area contributed by atoms with Gasteiger partial charge < -0.3 is 15.5 Å². The molecule has 1 aromatic heterocycles. The maximum Gasteiger partial charge on any atom is 0.105 e. The van der Waals surface area contributed by atoms with Crippen LogP contribution in [0.3, 0.4) is 0 Å². The quantitative estimate of drug-likeness (QED) is 0.710. The van der Waals surface area contributed by atoms with Crippen LogP contribution in [0.4, 0.5) is 0 Å². The van der Waals surface area contributed by atoms with Crippen molar-refractivity contribution < 1.29 is 4.42 Å². The van der Waals surface area contributed by atoms with Crippen LogP contribution < -0.4 is 11.1 Å². The van der Waals surface area contributed by atoms with Crippen molar-refractivity contribution in [2.24, 2.45) is 11.7 Å². The Kier molecular flexibility index (Phi) is 7.06. The summed E-state index contributed by atoms with van der Waals surface area (Å²) in [7, 11) is 0. The van der Waals surface area contributed by atoms with Gasteiger partial charge in [-0.25, -0.2) is 0 Å². The molecule has 0 saturated carbocycles. The van der Waals surface area contributed by atoms with E-state index in [0.717, 1.165) is 25.1 Å². The molecule has 1 heterocycles. The molecule has 0 bridgehead atoms. The summed E-state index contributed by atoms with van der Waals surface area (Å²) in [5, 5.41) is 3.57. The average Bonchev–Trinajstić information content (AvgIpc) is 2.78. The molecule has 0 aliphatic heterocycles. The van der Waals surface area contributed by atoms with Crippen molar-refractivity contribution in [1.82, 2.24) is 5.32 Å². The molecule has 3 atom stereocenters. The van der Waals surface area contributed by atoms with Gasteiger partial charge >= 0.3 is 0 Å². The topological polar surface area (TPSA) is 51.2 Å². The van der Waals surface area contributed by atoms with E-state index in [1.807, 2.05) is 12.1 Å². The van der Waals surface area contributed by atoms with Crippen molar-refractivity contribution in [1.29, 1.82) is 0 Å². The average molecular weight is 252 g/mol. The first-order chi connectivity index (χ1) is 8.58. The van der Waals surface area contributed by atoms with Crippen LogP contribution in [-0.4, -0.2) is 18.6 Å². The summed E-state index contributed by atoms with van der Waals surface area (Å²) in [4.78, 5) is 0. The minimum absolute atomic E-state index is 0.336. The lowest BCUT2D eigenvalue weighted by atomic mass is 10.0. The van der Waals surface area contributed by atoms with Gasteiger partial charge in [0.05, 0.1) is 6.26 Å². The maximum atomic E-state index is 5.75. The Balaban J connectivity index is 2.08. The summed E-state index contributed by atoms with van der Waals surface area (Å²) in [6.07, 6.45) is 6.31. The van der Waals surface area contributed by atoms with Gasteiger partial charge in [-0.05, 0) is 51.3 Å². The van der Waals surface area contributed by atoms with Gasteiger partial charge in [0.15, 0.2) is 0 Å². The van der Waals surface area contributed by atoms with Crippen molar-refractivity contribution in [3.05, 3.63) is 24.2 Å². The third-order valence-corrected chi connectivity index (χ3v) is 3.26. The lowest BCUT2D eigenvalue weighted by Gasteiger charge is -2.17. The highest BCUT2D eigenvalue weighted by molar-refractivity contribution is 4.99. The lowest BCUT2D eigenvalue weighted by molar-refractivity contribution is 0.403. The number of furan rings is 1. The molecule has 0 aliphatic carbocycles. The summed E-state index contributed by atoms with van der Waals surface area (Å²) in [5.41, 5.74) is 5.75. The van der Waals surface area contributed by atoms with E-state index in [1.54, 1.807) is 6.26 Å². The number of nitrogens with two attached hydrogens (primary N) is 1. The highest BCUT2D eigenvalue weighted by Gasteiger charge is 2.08. The SMILES string of the molecule is CC(N)CCCC(C)CNC(C)Cc1ccco1. The maximum absolute atomic E-state index is 5.75. The molecule has 1 rings (SSSR count). The van der Waals surface area contributed by atoms with Crippen LogP contribution in [0.5, 0.6) is 0 Å². The lowest BCUT2D eigenvalue weighted by Crippen LogP contribution is -2.32. The van der Waals surface area contributed by atoms with Crippen LogP contribution in [0.1, 0.15) is 45.8 Å². The molecule has 0 saturated heterocycles. The molecular formula is C15H28N2O. The highest BCUT2D eigenvalue weighted by atomic mass is 16.3. The second-order valence-corrected chi connectivity index (χ2v) is 5.61. The predicted octanol–water partition coefficient (Wildman–Crippen LogP) is 2.95. The summed E-state index contributed by atoms with van der Waals surface area (Å²) in [5.74, 6) is 1.77. The smallest absolute Gasteiger partial charge is 0.105 e. The van der Waals surface area contributed by atoms with E-state index < -0.39 is 0 Å². The van der Waals surface area contributed by atoms with Crippen molar-refractivity contribution >= 4 is 0 Å². The molecule has 3 N–H and O–H groups in total. The molecule has 3 nitrogen and oxygen atoms in total. The third kappa shape index (κ3) is 6.82. The molecule has 104 valence electrons. The van der Waals surface area contributed by atoms with Crippen molar-refractivity contribution in [2.45, 2.75) is 58.5 Å². The van der Waals surface area contributed by atoms with Gasteiger partial charge in [0.2, 0.25) is 0 Å². The zero-order chi connectivity index (χ0) is 13.4. The first kappa shape index (κ1) is 15.3. The Hall–Kier alpha value is -0.800. The third-order valence-electron chi connectivity index (χ3n) is 3.26. The molecule has 0 aromatic carbocycles. The second-order valence-electron chi connectivity index (χ2n) is 5.61. The molecule has 0 radical (unpaired) electrons. The van der Waals surface area contributed by atoms with Gasteiger partial charge in [-0.2, -0.15) is 0 Å². The number of nitrogens with one attached hydrogen (secondary N) is 1. The van der Waals surface area contributed by atoms with Crippen LogP contribution in [0, 0.1) is 5.92 Å². The fourth-order valence-corrected chi connectivity index (χ4v) is 2.10. The van der Waals surface area contributed by atoms with E-state index in [4.69, 9.17) is 10.2 Å². The molecule has 0 amide bonds. The van der Waals surface area contributed by atoms with Gasteiger partial charge in [0.1, 0.15) is 5.76 Å². The van der Waals surface area contributed by atoms with Crippen LogP contribution in [0.15, 0.2) is 22.8 Å². The van der Waals surface area contributed by atoms with E-state index in [0.29, 0.717) is 18.0 Å². The standard InChI is InChI=1S/C15H28N2O/c1-12(6-4-7-13(2)16)11-17-14(3)10-15-8-5-9-18-15/h5,8-9,12-14,17H,4,6-7,10-11,16H2,1-3H3. The zero-order valence-corrected chi connectivity index (χ0v) is 12.0. The summed E-state index contributed by atoms with van der Waals surface area (Å²) < 4.78 is 5.35. The summed E-state index contributed by atoms with van der Waals surface area (Å²) in [6.45, 7) is 7.65. The first-order valence-corrected chi connectivity index (χ1v) is 7.09. The van der Waals surface area contributed by atoms with Crippen LogP contribution in [0.25, 0.3) is 0 Å². The van der Waals surface area contributed by atoms with E-state index in [-0.39, 0.29) is 0 Å². The van der Waals surface area contributed by atoms with Gasteiger partial charge in [-0.15, -0.1) is 0 Å². The molecule has 0 spiro atoms. The molecule has 0 fully saturated rings. The zero-order valence-electron chi connectivity index (χ0n) is 12.0. The Labute approximate surface area is 111 Å². The van der Waals surface area contributed by atoms with Gasteiger partial charge in [-0.3, -0.25) is 0 Å². The summed E-state index contributed by atoms with van der Waals surface area (Å²) >= 11 is 0. The Bertz CT molecular complexity index is 295. The Morgan fingerprint density at radius 3 is 2.67 bits per heavy atom. The minimum atomic E-state index is 0.336. The molecular weight excluding hydrogens is 224 g/mol. The van der Waals surface area contributed by atoms with Gasteiger partial charge in [-0.1, -0.05) is 13.3 Å². The van der Waals surface area contributed by atoms with E-state index in [2.05, 4.69) is 26.1 Å². The number of hydrogen-bond donors (Lipinski definition) is 2. The highest BCUT2D eigenvalue weighted by Crippen LogP contribution is 2.09. The molecule has 18 heavy (non-hydrogen) atoms. The predicted molar refractivity (Wildman–Crippen MR) is 76.5 cm³/mol. The first-order valence-electron chi connectivity index (χ1n) is 7.09. The molecule has 0 aliphatic rings. The van der Waals surface area contributed by atoms with Gasteiger partial charge in [0, 0.05) is 18.5 Å². The van der Waals surface area contributed by atoms with Crippen LogP contribution in [-0.2, 0) is 6.42 Å². The Morgan fingerprint density at radius 2 is 2.06 bits per heavy atom.